The van der Waals surface area contributed by atoms with Gasteiger partial charge in [0.05, 0.1) is 22.1 Å². The average Bonchev–Trinajstić information content (AvgIpc) is 3.43. The lowest BCUT2D eigenvalue weighted by Gasteiger charge is -2.03. The van der Waals surface area contributed by atoms with Gasteiger partial charge < -0.3 is 9.97 Å². The molecular weight excluding hydrogens is 404 g/mol. The molecule has 31 heavy (non-hydrogen) atoms. The molecule has 2 N–H and O–H groups in total. The van der Waals surface area contributed by atoms with Crippen LogP contribution < -0.4 is 0 Å². The number of aromatic nitrogens is 4. The summed E-state index contributed by atoms with van der Waals surface area (Å²) >= 11 is 6.00. The first-order valence-corrected chi connectivity index (χ1v) is 10.4. The number of H-pyrrole nitrogens is 2. The number of hydrogen-bond acceptors (Lipinski definition) is 2. The molecule has 0 fully saturated rings. The Morgan fingerprint density at radius 2 is 1.06 bits per heavy atom. The summed E-state index contributed by atoms with van der Waals surface area (Å²) in [5.74, 6) is 1.72. The van der Waals surface area contributed by atoms with Gasteiger partial charge in [0.15, 0.2) is 0 Å². The molecule has 4 nitrogen and oxygen atoms in total. The highest BCUT2D eigenvalue weighted by Crippen LogP contribution is 2.28. The predicted molar refractivity (Wildman–Crippen MR) is 127 cm³/mol. The van der Waals surface area contributed by atoms with Crippen molar-refractivity contribution in [2.45, 2.75) is 0 Å². The minimum atomic E-state index is 0.716. The van der Waals surface area contributed by atoms with E-state index in [0.717, 1.165) is 56.0 Å². The smallest absolute Gasteiger partial charge is 0.138 e. The maximum Gasteiger partial charge on any atom is 0.138 e. The fourth-order valence-electron chi connectivity index (χ4n) is 3.84. The van der Waals surface area contributed by atoms with Gasteiger partial charge in [-0.1, -0.05) is 54.1 Å². The number of halogens is 1. The zero-order valence-corrected chi connectivity index (χ0v) is 17.2. The highest BCUT2D eigenvalue weighted by molar-refractivity contribution is 6.30. The topological polar surface area (TPSA) is 57.4 Å². The van der Waals surface area contributed by atoms with E-state index in [1.807, 2.05) is 54.6 Å². The molecule has 2 aromatic heterocycles. The SMILES string of the molecule is Clc1ccc(-c2nc3ccc(-c4ccc(-c5nc6ccccc6[nH]5)cc4)cc3[nH]2)cc1. The summed E-state index contributed by atoms with van der Waals surface area (Å²) in [6.07, 6.45) is 0. The predicted octanol–water partition coefficient (Wildman–Crippen LogP) is 7.09. The number of nitrogens with zero attached hydrogens (tertiary/aromatic N) is 2. The Labute approximate surface area is 183 Å². The molecule has 4 aromatic carbocycles. The standard InChI is InChI=1S/C26H17ClN4/c27-20-12-9-18(10-13-20)26-30-23-14-11-19(15-24(23)31-26)16-5-7-17(8-6-16)25-28-21-3-1-2-4-22(21)29-25/h1-15H,(H,28,29)(H,30,31). The quantitative estimate of drug-likeness (QED) is 0.321. The van der Waals surface area contributed by atoms with Gasteiger partial charge >= 0.3 is 0 Å². The van der Waals surface area contributed by atoms with Crippen LogP contribution >= 0.6 is 11.6 Å². The van der Waals surface area contributed by atoms with Crippen LogP contribution in [0.4, 0.5) is 0 Å². The highest BCUT2D eigenvalue weighted by atomic mass is 35.5. The van der Waals surface area contributed by atoms with Gasteiger partial charge in [0.25, 0.3) is 0 Å². The monoisotopic (exact) mass is 420 g/mol. The van der Waals surface area contributed by atoms with Crippen LogP contribution in [-0.2, 0) is 0 Å². The third kappa shape index (κ3) is 3.27. The highest BCUT2D eigenvalue weighted by Gasteiger charge is 2.09. The van der Waals surface area contributed by atoms with E-state index < -0.39 is 0 Å². The van der Waals surface area contributed by atoms with E-state index in [1.165, 1.54) is 0 Å². The van der Waals surface area contributed by atoms with Gasteiger partial charge in [0.2, 0.25) is 0 Å². The van der Waals surface area contributed by atoms with Crippen LogP contribution in [0.5, 0.6) is 0 Å². The minimum absolute atomic E-state index is 0.716. The van der Waals surface area contributed by atoms with Gasteiger partial charge in [-0.3, -0.25) is 0 Å². The third-order valence-electron chi connectivity index (χ3n) is 5.48. The molecule has 0 saturated heterocycles. The van der Waals surface area contributed by atoms with E-state index >= 15 is 0 Å². The van der Waals surface area contributed by atoms with Gasteiger partial charge in [-0.25, -0.2) is 9.97 Å². The van der Waals surface area contributed by atoms with Crippen molar-refractivity contribution in [2.24, 2.45) is 0 Å². The number of nitrogens with one attached hydrogen (secondary N) is 2. The molecule has 148 valence electrons. The van der Waals surface area contributed by atoms with Crippen molar-refractivity contribution in [3.05, 3.63) is 96.0 Å². The van der Waals surface area contributed by atoms with Crippen molar-refractivity contribution in [3.8, 4) is 33.9 Å². The van der Waals surface area contributed by atoms with Crippen molar-refractivity contribution in [1.29, 1.82) is 0 Å². The van der Waals surface area contributed by atoms with Gasteiger partial charge in [-0.15, -0.1) is 0 Å². The normalized spacial score (nSPS) is 11.4. The summed E-state index contributed by atoms with van der Waals surface area (Å²) in [5, 5.41) is 0.716. The lowest BCUT2D eigenvalue weighted by Crippen LogP contribution is -1.82. The molecule has 6 rings (SSSR count). The largest absolute Gasteiger partial charge is 0.338 e. The molecule has 0 atom stereocenters. The number of benzene rings is 4. The molecule has 0 unspecified atom stereocenters. The number of hydrogen-bond donors (Lipinski definition) is 2. The molecule has 0 radical (unpaired) electrons. The van der Waals surface area contributed by atoms with Crippen LogP contribution in [0.15, 0.2) is 91.0 Å². The Morgan fingerprint density at radius 3 is 1.77 bits per heavy atom. The van der Waals surface area contributed by atoms with Crippen molar-refractivity contribution in [1.82, 2.24) is 19.9 Å². The Hall–Kier alpha value is -3.89. The number of imidazole rings is 2. The van der Waals surface area contributed by atoms with Crippen LogP contribution in [0.1, 0.15) is 0 Å². The summed E-state index contributed by atoms with van der Waals surface area (Å²) in [4.78, 5) is 16.2. The molecular formula is C26H17ClN4. The zero-order chi connectivity index (χ0) is 20.8. The molecule has 6 aromatic rings. The zero-order valence-electron chi connectivity index (χ0n) is 16.4. The van der Waals surface area contributed by atoms with Crippen LogP contribution in [0.25, 0.3) is 56.0 Å². The van der Waals surface area contributed by atoms with Crippen LogP contribution in [-0.4, -0.2) is 19.9 Å². The first-order valence-electron chi connectivity index (χ1n) is 10.0. The van der Waals surface area contributed by atoms with Crippen molar-refractivity contribution >= 4 is 33.7 Å². The molecule has 0 spiro atoms. The Morgan fingerprint density at radius 1 is 0.516 bits per heavy atom. The van der Waals surface area contributed by atoms with Crippen LogP contribution in [0, 0.1) is 0 Å². The number of fused-ring (bicyclic) bond motifs is 2. The fraction of sp³-hybridized carbons (Fsp3) is 0. The first-order chi connectivity index (χ1) is 15.2. The van der Waals surface area contributed by atoms with Gasteiger partial charge in [-0.05, 0) is 59.7 Å². The van der Waals surface area contributed by atoms with Crippen molar-refractivity contribution in [3.63, 3.8) is 0 Å². The second-order valence-electron chi connectivity index (χ2n) is 7.50. The van der Waals surface area contributed by atoms with E-state index in [9.17, 15) is 0 Å². The minimum Gasteiger partial charge on any atom is -0.338 e. The van der Waals surface area contributed by atoms with E-state index in [2.05, 4.69) is 51.4 Å². The number of para-hydroxylation sites is 2. The molecule has 0 amide bonds. The lowest BCUT2D eigenvalue weighted by molar-refractivity contribution is 1.33. The van der Waals surface area contributed by atoms with Crippen molar-refractivity contribution in [2.75, 3.05) is 0 Å². The average molecular weight is 421 g/mol. The molecule has 0 aliphatic carbocycles. The third-order valence-corrected chi connectivity index (χ3v) is 5.73. The van der Waals surface area contributed by atoms with Gasteiger partial charge in [0, 0.05) is 16.1 Å². The molecule has 5 heteroatoms. The Bertz CT molecular complexity index is 1490. The van der Waals surface area contributed by atoms with Gasteiger partial charge in [0.1, 0.15) is 11.6 Å². The second-order valence-corrected chi connectivity index (χ2v) is 7.94. The fourth-order valence-corrected chi connectivity index (χ4v) is 3.97. The Balaban J connectivity index is 1.33. The molecule has 0 saturated carbocycles. The van der Waals surface area contributed by atoms with E-state index in [1.54, 1.807) is 0 Å². The summed E-state index contributed by atoms with van der Waals surface area (Å²) in [6, 6.07) is 30.5. The summed E-state index contributed by atoms with van der Waals surface area (Å²) in [7, 11) is 0. The Kier molecular flexibility index (Phi) is 4.11. The van der Waals surface area contributed by atoms with Crippen LogP contribution in [0.2, 0.25) is 5.02 Å². The second kappa shape index (κ2) is 7.11. The van der Waals surface area contributed by atoms with Crippen LogP contribution in [0.3, 0.4) is 0 Å². The summed E-state index contributed by atoms with van der Waals surface area (Å²) in [5.41, 5.74) is 8.31. The number of rotatable bonds is 3. The molecule has 0 bridgehead atoms. The van der Waals surface area contributed by atoms with E-state index in [4.69, 9.17) is 16.6 Å². The van der Waals surface area contributed by atoms with Crippen molar-refractivity contribution < 1.29 is 0 Å². The summed E-state index contributed by atoms with van der Waals surface area (Å²) < 4.78 is 0. The number of aromatic amines is 2. The molecule has 0 aliphatic heterocycles. The molecule has 2 heterocycles. The summed E-state index contributed by atoms with van der Waals surface area (Å²) in [6.45, 7) is 0. The maximum atomic E-state index is 6.00. The van der Waals surface area contributed by atoms with E-state index in [0.29, 0.717) is 5.02 Å². The maximum absolute atomic E-state index is 6.00. The lowest BCUT2D eigenvalue weighted by atomic mass is 10.0. The molecule has 0 aliphatic rings. The van der Waals surface area contributed by atoms with Gasteiger partial charge in [-0.2, -0.15) is 0 Å². The first kappa shape index (κ1) is 17.9. The van der Waals surface area contributed by atoms with E-state index in [-0.39, 0.29) is 0 Å².